The van der Waals surface area contributed by atoms with Crippen LogP contribution in [0.1, 0.15) is 17.2 Å². The Kier molecular flexibility index (Phi) is 3.75. The summed E-state index contributed by atoms with van der Waals surface area (Å²) >= 11 is 0. The fourth-order valence-corrected chi connectivity index (χ4v) is 3.84. The zero-order valence-corrected chi connectivity index (χ0v) is 15.2. The number of nitriles is 1. The molecule has 6 heteroatoms. The van der Waals surface area contributed by atoms with E-state index in [9.17, 15) is 10.1 Å². The Bertz CT molecular complexity index is 1360. The predicted molar refractivity (Wildman–Crippen MR) is 108 cm³/mol. The molecule has 0 saturated heterocycles. The number of hydrogen-bond acceptors (Lipinski definition) is 5. The summed E-state index contributed by atoms with van der Waals surface area (Å²) in [5.74, 6) is 0.0472. The van der Waals surface area contributed by atoms with Crippen LogP contribution in [0.15, 0.2) is 93.7 Å². The van der Waals surface area contributed by atoms with E-state index >= 15 is 0 Å². The zero-order chi connectivity index (χ0) is 20.0. The highest BCUT2D eigenvalue weighted by Gasteiger charge is 2.37. The molecule has 0 saturated carbocycles. The number of benzene rings is 2. The summed E-state index contributed by atoms with van der Waals surface area (Å²) in [5, 5.41) is 10.5. The summed E-state index contributed by atoms with van der Waals surface area (Å²) in [4.78, 5) is 13.8. The SMILES string of the molecule is N#CC1=C(N)Oc2c(c(=O)n(-c3ccccc3)c3ccccc23)C1c1ccco1. The molecule has 140 valence electrons. The number of nitrogens with zero attached hydrogens (tertiary/aromatic N) is 2. The van der Waals surface area contributed by atoms with Gasteiger partial charge in [-0.2, -0.15) is 5.26 Å². The van der Waals surface area contributed by atoms with Gasteiger partial charge in [-0.3, -0.25) is 9.36 Å². The van der Waals surface area contributed by atoms with Crippen LogP contribution >= 0.6 is 0 Å². The Balaban J connectivity index is 1.95. The Hall–Kier alpha value is -4.24. The Morgan fingerprint density at radius 3 is 2.48 bits per heavy atom. The second-order valence-corrected chi connectivity index (χ2v) is 6.68. The average Bonchev–Trinajstić information content (AvgIpc) is 3.28. The quantitative estimate of drug-likeness (QED) is 0.570. The third-order valence-electron chi connectivity index (χ3n) is 5.09. The number of rotatable bonds is 2. The van der Waals surface area contributed by atoms with Gasteiger partial charge in [-0.25, -0.2) is 0 Å². The van der Waals surface area contributed by atoms with E-state index in [1.165, 1.54) is 6.26 Å². The first-order valence-electron chi connectivity index (χ1n) is 9.04. The number of nitrogens with two attached hydrogens (primary N) is 1. The normalized spacial score (nSPS) is 15.6. The number of hydrogen-bond donors (Lipinski definition) is 1. The topological polar surface area (TPSA) is 94.2 Å². The van der Waals surface area contributed by atoms with Crippen molar-refractivity contribution in [2.24, 2.45) is 5.73 Å². The van der Waals surface area contributed by atoms with Crippen molar-refractivity contribution in [2.45, 2.75) is 5.92 Å². The average molecular weight is 381 g/mol. The molecule has 1 unspecified atom stereocenters. The summed E-state index contributed by atoms with van der Waals surface area (Å²) in [7, 11) is 0. The van der Waals surface area contributed by atoms with Crippen LogP contribution in [0.5, 0.6) is 5.75 Å². The van der Waals surface area contributed by atoms with Crippen LogP contribution in [0.4, 0.5) is 0 Å². The molecule has 0 fully saturated rings. The molecule has 0 spiro atoms. The van der Waals surface area contributed by atoms with Crippen molar-refractivity contribution < 1.29 is 9.15 Å². The second kappa shape index (κ2) is 6.43. The van der Waals surface area contributed by atoms with Gasteiger partial charge in [0.15, 0.2) is 0 Å². The van der Waals surface area contributed by atoms with Gasteiger partial charge in [-0.15, -0.1) is 0 Å². The van der Waals surface area contributed by atoms with Crippen molar-refractivity contribution in [1.82, 2.24) is 4.57 Å². The molecule has 3 heterocycles. The Labute approximate surface area is 165 Å². The van der Waals surface area contributed by atoms with E-state index in [1.54, 1.807) is 16.7 Å². The van der Waals surface area contributed by atoms with Crippen molar-refractivity contribution in [1.29, 1.82) is 5.26 Å². The lowest BCUT2D eigenvalue weighted by molar-refractivity contribution is 0.386. The first kappa shape index (κ1) is 16.9. The Morgan fingerprint density at radius 1 is 1.00 bits per heavy atom. The minimum Gasteiger partial charge on any atom is -0.468 e. The first-order valence-corrected chi connectivity index (χ1v) is 9.04. The third kappa shape index (κ3) is 2.45. The van der Waals surface area contributed by atoms with Crippen LogP contribution in [0.3, 0.4) is 0 Å². The molecule has 1 atom stereocenters. The molecule has 2 aromatic heterocycles. The van der Waals surface area contributed by atoms with E-state index in [1.807, 2.05) is 54.6 Å². The summed E-state index contributed by atoms with van der Waals surface area (Å²) < 4.78 is 13.0. The lowest BCUT2D eigenvalue weighted by Gasteiger charge is -2.26. The Morgan fingerprint density at radius 2 is 1.76 bits per heavy atom. The fraction of sp³-hybridized carbons (Fsp3) is 0.0435. The molecule has 0 radical (unpaired) electrons. The zero-order valence-electron chi connectivity index (χ0n) is 15.2. The molecule has 1 aliphatic heterocycles. The standard InChI is InChI=1S/C23H15N3O3/c24-13-16-19(18-11-6-12-28-18)20-21(29-22(16)25)15-9-4-5-10-17(15)26(23(20)27)14-7-2-1-3-8-14/h1-12,19H,25H2. The number of fused-ring (bicyclic) bond motifs is 3. The van der Waals surface area contributed by atoms with Crippen LogP contribution in [0.2, 0.25) is 0 Å². The molecule has 4 aromatic rings. The molecular weight excluding hydrogens is 366 g/mol. The molecule has 0 aliphatic carbocycles. The molecule has 2 aromatic carbocycles. The van der Waals surface area contributed by atoms with Crippen molar-refractivity contribution in [3.8, 4) is 17.5 Å². The van der Waals surface area contributed by atoms with E-state index in [0.29, 0.717) is 22.6 Å². The molecular formula is C23H15N3O3. The molecule has 6 nitrogen and oxygen atoms in total. The highest BCUT2D eigenvalue weighted by Crippen LogP contribution is 2.43. The second-order valence-electron chi connectivity index (χ2n) is 6.68. The maximum atomic E-state index is 13.8. The number of para-hydroxylation sites is 2. The number of aromatic nitrogens is 1. The maximum Gasteiger partial charge on any atom is 0.263 e. The van der Waals surface area contributed by atoms with Crippen LogP contribution in [0, 0.1) is 11.3 Å². The molecule has 29 heavy (non-hydrogen) atoms. The van der Waals surface area contributed by atoms with Crippen LogP contribution in [-0.4, -0.2) is 4.57 Å². The van der Waals surface area contributed by atoms with Gasteiger partial charge in [0.2, 0.25) is 5.88 Å². The fourth-order valence-electron chi connectivity index (χ4n) is 3.84. The van der Waals surface area contributed by atoms with Crippen molar-refractivity contribution in [3.63, 3.8) is 0 Å². The maximum absolute atomic E-state index is 13.8. The lowest BCUT2D eigenvalue weighted by atomic mass is 9.87. The third-order valence-corrected chi connectivity index (χ3v) is 5.09. The molecule has 2 N–H and O–H groups in total. The van der Waals surface area contributed by atoms with E-state index in [4.69, 9.17) is 14.9 Å². The number of allylic oxidation sites excluding steroid dienone is 1. The molecule has 5 rings (SSSR count). The van der Waals surface area contributed by atoms with Gasteiger partial charge in [0.1, 0.15) is 23.2 Å². The summed E-state index contributed by atoms with van der Waals surface area (Å²) in [6, 6.07) is 22.3. The lowest BCUT2D eigenvalue weighted by Crippen LogP contribution is -2.31. The molecule has 0 bridgehead atoms. The molecule has 0 amide bonds. The van der Waals surface area contributed by atoms with E-state index < -0.39 is 5.92 Å². The van der Waals surface area contributed by atoms with Gasteiger partial charge in [0, 0.05) is 11.1 Å². The smallest absolute Gasteiger partial charge is 0.263 e. The van der Waals surface area contributed by atoms with E-state index in [2.05, 4.69) is 6.07 Å². The highest BCUT2D eigenvalue weighted by molar-refractivity contribution is 5.89. The van der Waals surface area contributed by atoms with Crippen LogP contribution in [0.25, 0.3) is 16.6 Å². The van der Waals surface area contributed by atoms with Crippen molar-refractivity contribution in [3.05, 3.63) is 106 Å². The summed E-state index contributed by atoms with van der Waals surface area (Å²) in [6.45, 7) is 0. The minimum atomic E-state index is -0.745. The summed E-state index contributed by atoms with van der Waals surface area (Å²) in [6.07, 6.45) is 1.51. The molecule has 1 aliphatic rings. The van der Waals surface area contributed by atoms with Gasteiger partial charge >= 0.3 is 0 Å². The van der Waals surface area contributed by atoms with Gasteiger partial charge in [0.25, 0.3) is 5.56 Å². The largest absolute Gasteiger partial charge is 0.468 e. The number of ether oxygens (including phenoxy) is 1. The number of pyridine rings is 1. The number of furan rings is 1. The van der Waals surface area contributed by atoms with Crippen molar-refractivity contribution >= 4 is 10.9 Å². The van der Waals surface area contributed by atoms with Gasteiger partial charge in [-0.05, 0) is 36.4 Å². The van der Waals surface area contributed by atoms with Crippen molar-refractivity contribution in [2.75, 3.05) is 0 Å². The minimum absolute atomic E-state index is 0.0246. The highest BCUT2D eigenvalue weighted by atomic mass is 16.5. The van der Waals surface area contributed by atoms with Crippen LogP contribution in [-0.2, 0) is 0 Å². The van der Waals surface area contributed by atoms with Gasteiger partial charge in [0.05, 0.1) is 23.3 Å². The predicted octanol–water partition coefficient (Wildman–Crippen LogP) is 3.80. The van der Waals surface area contributed by atoms with E-state index in [0.717, 1.165) is 11.1 Å². The first-order chi connectivity index (χ1) is 14.2. The van der Waals surface area contributed by atoms with Gasteiger partial charge in [-0.1, -0.05) is 30.3 Å². The van der Waals surface area contributed by atoms with E-state index in [-0.39, 0.29) is 17.0 Å². The van der Waals surface area contributed by atoms with Gasteiger partial charge < -0.3 is 14.9 Å². The van der Waals surface area contributed by atoms with Crippen LogP contribution < -0.4 is 16.0 Å². The summed E-state index contributed by atoms with van der Waals surface area (Å²) in [5.41, 5.74) is 7.68. The monoisotopic (exact) mass is 381 g/mol.